The highest BCUT2D eigenvalue weighted by Crippen LogP contribution is 2.46. The van der Waals surface area contributed by atoms with Gasteiger partial charge in [0.15, 0.2) is 4.90 Å². The van der Waals surface area contributed by atoms with E-state index in [4.69, 9.17) is 9.47 Å². The Balaban J connectivity index is 1.24. The van der Waals surface area contributed by atoms with Gasteiger partial charge in [-0.15, -0.1) is 0 Å². The fraction of sp³-hybridized carbons (Fsp3) is 0.525. The Hall–Kier alpha value is -5.68. The molecule has 5 aliphatic rings. The molecule has 3 aliphatic heterocycles. The van der Waals surface area contributed by atoms with Gasteiger partial charge in [-0.05, 0) is 70.6 Å². The molecule has 3 fully saturated rings. The van der Waals surface area contributed by atoms with Gasteiger partial charge in [0.05, 0.1) is 23.3 Å². The molecule has 3 N–H and O–H groups in total. The number of nitro groups is 1. The fourth-order valence-electron chi connectivity index (χ4n) is 8.05. The standard InChI is InChI=1S/C40H48FN7O13S2/c1-39(2,3)61-37(52)42-30-16-18-46(63(58,59)33-13-5-4-12-31(33)48(54)55)17-7-6-10-25-20-40(25,36(51)44-62(56,57)27-14-15-27)43-34(49)32-19-26(22-47(32)35(30)50)60-38(53)45-21-24-9-8-11-29(41)28(24)23-45/h4-6,8-13,25-27,30,32H,7,14-23H2,1-3H3,(H,42,52)(H,43,49)(H,44,51)/t25-,26-,30+,32+,40-/m1/s1. The van der Waals surface area contributed by atoms with Crippen LogP contribution in [0.3, 0.4) is 0 Å². The Morgan fingerprint density at radius 2 is 1.73 bits per heavy atom. The van der Waals surface area contributed by atoms with Crippen LogP contribution in [-0.2, 0) is 57.0 Å². The number of hydrogen-bond acceptors (Lipinski definition) is 13. The van der Waals surface area contributed by atoms with Crippen LogP contribution < -0.4 is 15.4 Å². The highest BCUT2D eigenvalue weighted by Gasteiger charge is 2.62. The molecule has 0 spiro atoms. The van der Waals surface area contributed by atoms with Gasteiger partial charge in [0.1, 0.15) is 35.1 Å². The molecule has 5 atom stereocenters. The van der Waals surface area contributed by atoms with Gasteiger partial charge >= 0.3 is 12.2 Å². The van der Waals surface area contributed by atoms with Gasteiger partial charge < -0.3 is 25.0 Å². The minimum absolute atomic E-state index is 0.0228. The summed E-state index contributed by atoms with van der Waals surface area (Å²) in [7, 11) is -8.77. The lowest BCUT2D eigenvalue weighted by atomic mass is 10.1. The summed E-state index contributed by atoms with van der Waals surface area (Å²) in [5.41, 5.74) is -2.72. The van der Waals surface area contributed by atoms with E-state index in [2.05, 4.69) is 15.4 Å². The van der Waals surface area contributed by atoms with E-state index in [1.807, 2.05) is 0 Å². The molecular weight excluding hydrogens is 870 g/mol. The Morgan fingerprint density at radius 1 is 1.00 bits per heavy atom. The molecule has 0 aromatic heterocycles. The van der Waals surface area contributed by atoms with Crippen molar-refractivity contribution in [1.29, 1.82) is 0 Å². The molecule has 2 aromatic rings. The predicted octanol–water partition coefficient (Wildman–Crippen LogP) is 2.57. The number of para-hydroxylation sites is 1. The number of nitro benzene ring substituents is 1. The number of carbonyl (C=O) groups excluding carboxylic acids is 5. The second-order valence-electron chi connectivity index (χ2n) is 17.3. The molecular formula is C40H48FN7O13S2. The molecule has 5 amide bonds. The van der Waals surface area contributed by atoms with E-state index >= 15 is 0 Å². The number of halogens is 1. The molecule has 0 radical (unpaired) electrons. The number of nitrogens with one attached hydrogen (secondary N) is 3. The number of alkyl carbamates (subject to hydrolysis) is 1. The number of nitrogens with zero attached hydrogens (tertiary/aromatic N) is 4. The Morgan fingerprint density at radius 3 is 2.41 bits per heavy atom. The van der Waals surface area contributed by atoms with Crippen LogP contribution in [-0.4, -0.2) is 120 Å². The van der Waals surface area contributed by atoms with E-state index in [0.717, 1.165) is 21.3 Å². The van der Waals surface area contributed by atoms with E-state index in [1.165, 1.54) is 41.3 Å². The van der Waals surface area contributed by atoms with Crippen LogP contribution in [0.15, 0.2) is 59.5 Å². The molecule has 0 bridgehead atoms. The summed E-state index contributed by atoms with van der Waals surface area (Å²) in [4.78, 5) is 82.7. The van der Waals surface area contributed by atoms with E-state index in [-0.39, 0.29) is 38.9 Å². The first-order valence-corrected chi connectivity index (χ1v) is 23.4. The maximum Gasteiger partial charge on any atom is 0.410 e. The first-order chi connectivity index (χ1) is 29.6. The van der Waals surface area contributed by atoms with Crippen LogP contribution in [0, 0.1) is 21.8 Å². The number of sulfonamides is 2. The van der Waals surface area contributed by atoms with Crippen LogP contribution in [0.2, 0.25) is 0 Å². The lowest BCUT2D eigenvalue weighted by molar-refractivity contribution is -0.387. The molecule has 0 unspecified atom stereocenters. The minimum atomic E-state index is -4.67. The van der Waals surface area contributed by atoms with Crippen LogP contribution in [0.1, 0.15) is 70.4 Å². The molecule has 7 rings (SSSR count). The normalized spacial score (nSPS) is 25.7. The van der Waals surface area contributed by atoms with Gasteiger partial charge in [-0.3, -0.25) is 34.1 Å². The maximum absolute atomic E-state index is 14.8. The van der Waals surface area contributed by atoms with E-state index in [0.29, 0.717) is 24.0 Å². The van der Waals surface area contributed by atoms with Crippen molar-refractivity contribution in [2.24, 2.45) is 5.92 Å². The van der Waals surface area contributed by atoms with Crippen molar-refractivity contribution in [2.45, 2.75) is 112 Å². The SMILES string of the molecule is CC(C)(C)OC(=O)N[C@H]1CCN(S(=O)(=O)c2ccccc2[N+](=O)[O-])CCC=C[C@@H]2C[C@@]2(C(=O)NS(=O)(=O)C2CC2)NC(=O)[C@@H]2C[C@@H](OC(=O)N3Cc4cccc(F)c4C3)CN2C1=O. The zero-order chi connectivity index (χ0) is 45.6. The summed E-state index contributed by atoms with van der Waals surface area (Å²) in [6, 6.07) is 6.04. The largest absolute Gasteiger partial charge is 0.444 e. The van der Waals surface area contributed by atoms with Gasteiger partial charge in [-0.1, -0.05) is 36.4 Å². The smallest absolute Gasteiger partial charge is 0.410 e. The minimum Gasteiger partial charge on any atom is -0.444 e. The van der Waals surface area contributed by atoms with Gasteiger partial charge in [-0.25, -0.2) is 30.8 Å². The van der Waals surface area contributed by atoms with Crippen molar-refractivity contribution in [3.63, 3.8) is 0 Å². The average molecular weight is 918 g/mol. The summed E-state index contributed by atoms with van der Waals surface area (Å²) in [6.07, 6.45) is -0.250. The maximum atomic E-state index is 14.8. The van der Waals surface area contributed by atoms with Crippen LogP contribution >= 0.6 is 0 Å². The third-order valence-electron chi connectivity index (χ3n) is 11.5. The van der Waals surface area contributed by atoms with Gasteiger partial charge in [0, 0.05) is 43.6 Å². The summed E-state index contributed by atoms with van der Waals surface area (Å²) < 4.78 is 83.1. The van der Waals surface area contributed by atoms with Crippen LogP contribution in [0.4, 0.5) is 19.7 Å². The number of ether oxygens (including phenoxy) is 2. The van der Waals surface area contributed by atoms with Gasteiger partial charge in [0.25, 0.3) is 11.6 Å². The van der Waals surface area contributed by atoms with Gasteiger partial charge in [-0.2, -0.15) is 4.31 Å². The van der Waals surface area contributed by atoms with Crippen LogP contribution in [0.5, 0.6) is 0 Å². The number of carbonyl (C=O) groups is 5. The highest BCUT2D eigenvalue weighted by atomic mass is 32.2. The molecule has 20 nitrogen and oxygen atoms in total. The molecule has 340 valence electrons. The van der Waals surface area contributed by atoms with E-state index in [1.54, 1.807) is 26.8 Å². The summed E-state index contributed by atoms with van der Waals surface area (Å²) >= 11 is 0. The molecule has 2 aromatic carbocycles. The average Bonchev–Trinajstić information content (AvgIpc) is 4.09. The van der Waals surface area contributed by atoms with Crippen molar-refractivity contribution in [3.05, 3.63) is 81.7 Å². The number of fused-ring (bicyclic) bond motifs is 3. The second-order valence-corrected chi connectivity index (χ2v) is 21.1. The first-order valence-electron chi connectivity index (χ1n) is 20.4. The molecule has 3 heterocycles. The molecule has 63 heavy (non-hydrogen) atoms. The lowest BCUT2D eigenvalue weighted by Gasteiger charge is -2.31. The Labute approximate surface area is 362 Å². The van der Waals surface area contributed by atoms with Crippen molar-refractivity contribution >= 4 is 55.6 Å². The van der Waals surface area contributed by atoms with E-state index in [9.17, 15) is 55.3 Å². The first kappa shape index (κ1) is 45.3. The summed E-state index contributed by atoms with van der Waals surface area (Å²) in [6.45, 7) is 3.40. The fourth-order valence-corrected chi connectivity index (χ4v) is 11.0. The summed E-state index contributed by atoms with van der Waals surface area (Å²) in [5, 5.41) is 16.3. The lowest BCUT2D eigenvalue weighted by Crippen LogP contribution is -2.58. The third kappa shape index (κ3) is 9.78. The monoisotopic (exact) mass is 917 g/mol. The number of hydrogen-bond donors (Lipinski definition) is 3. The Kier molecular flexibility index (Phi) is 12.3. The van der Waals surface area contributed by atoms with Crippen molar-refractivity contribution in [1.82, 2.24) is 29.5 Å². The zero-order valence-electron chi connectivity index (χ0n) is 34.7. The molecule has 23 heteroatoms. The quantitative estimate of drug-likeness (QED) is 0.196. The number of rotatable bonds is 8. The van der Waals surface area contributed by atoms with Crippen LogP contribution in [0.25, 0.3) is 0 Å². The molecule has 2 aliphatic carbocycles. The van der Waals surface area contributed by atoms with Gasteiger partial charge in [0.2, 0.25) is 31.9 Å². The predicted molar refractivity (Wildman–Crippen MR) is 218 cm³/mol. The van der Waals surface area contributed by atoms with Crippen molar-refractivity contribution in [3.8, 4) is 0 Å². The second kappa shape index (κ2) is 17.1. The van der Waals surface area contributed by atoms with E-state index < -0.39 is 131 Å². The summed E-state index contributed by atoms with van der Waals surface area (Å²) in [5.74, 6) is -4.16. The topological polar surface area (TPSA) is 261 Å². The molecule has 2 saturated carbocycles. The zero-order valence-corrected chi connectivity index (χ0v) is 36.3. The number of benzene rings is 2. The highest BCUT2D eigenvalue weighted by molar-refractivity contribution is 7.91. The van der Waals surface area contributed by atoms with Crippen molar-refractivity contribution in [2.75, 3.05) is 19.6 Å². The Bertz CT molecular complexity index is 2480. The third-order valence-corrected chi connectivity index (χ3v) is 15.3. The number of amides is 5. The molecule has 1 saturated heterocycles. The van der Waals surface area contributed by atoms with Crippen molar-refractivity contribution < 1.29 is 59.6 Å².